The van der Waals surface area contributed by atoms with Gasteiger partial charge >= 0.3 is 5.97 Å². The van der Waals surface area contributed by atoms with Crippen LogP contribution in [0.4, 0.5) is 5.69 Å². The predicted molar refractivity (Wildman–Crippen MR) is 88.8 cm³/mol. The van der Waals surface area contributed by atoms with Crippen molar-refractivity contribution < 1.29 is 9.53 Å². The Kier molecular flexibility index (Phi) is 5.65. The van der Waals surface area contributed by atoms with Crippen LogP contribution >= 0.6 is 27.5 Å². The molecule has 2 rings (SSSR count). The Labute approximate surface area is 137 Å². The lowest BCUT2D eigenvalue weighted by atomic mass is 9.99. The summed E-state index contributed by atoms with van der Waals surface area (Å²) in [4.78, 5) is 12.0. The second-order valence-electron chi connectivity index (χ2n) is 4.50. The van der Waals surface area contributed by atoms with E-state index in [0.29, 0.717) is 11.6 Å². The summed E-state index contributed by atoms with van der Waals surface area (Å²) in [7, 11) is 1.40. The Bertz CT molecular complexity index is 619. The number of methoxy groups -OCH3 is 1. The van der Waals surface area contributed by atoms with Gasteiger partial charge in [0.2, 0.25) is 0 Å². The Morgan fingerprint density at radius 3 is 2.62 bits per heavy atom. The maximum atomic E-state index is 12.0. The van der Waals surface area contributed by atoms with Gasteiger partial charge in [-0.3, -0.25) is 4.79 Å². The molecular formula is C16H15BrClNO2. The van der Waals surface area contributed by atoms with Crippen LogP contribution in [0.3, 0.4) is 0 Å². The van der Waals surface area contributed by atoms with Gasteiger partial charge in [-0.25, -0.2) is 0 Å². The van der Waals surface area contributed by atoms with Crippen molar-refractivity contribution in [3.8, 4) is 0 Å². The fraction of sp³-hybridized carbons (Fsp3) is 0.188. The van der Waals surface area contributed by atoms with E-state index in [0.717, 1.165) is 15.7 Å². The third-order valence-corrected chi connectivity index (χ3v) is 4.33. The third-order valence-electron chi connectivity index (χ3n) is 3.12. The van der Waals surface area contributed by atoms with Crippen LogP contribution in [-0.2, 0) is 9.53 Å². The molecule has 2 aromatic rings. The van der Waals surface area contributed by atoms with Crippen molar-refractivity contribution in [2.24, 2.45) is 0 Å². The molecule has 2 aromatic carbocycles. The number of rotatable bonds is 5. The first-order chi connectivity index (χ1) is 10.1. The normalized spacial score (nSPS) is 11.8. The summed E-state index contributed by atoms with van der Waals surface area (Å²) in [5.41, 5.74) is 1.81. The number of carbonyl (C=O) groups excluding carboxylic acids is 1. The highest BCUT2D eigenvalue weighted by Crippen LogP contribution is 2.26. The van der Waals surface area contributed by atoms with Crippen molar-refractivity contribution in [3.05, 3.63) is 63.6 Å². The summed E-state index contributed by atoms with van der Waals surface area (Å²) >= 11 is 9.34. The van der Waals surface area contributed by atoms with Crippen molar-refractivity contribution in [3.63, 3.8) is 0 Å². The van der Waals surface area contributed by atoms with Gasteiger partial charge in [0.25, 0.3) is 0 Å². The molecule has 0 spiro atoms. The Morgan fingerprint density at radius 1 is 1.29 bits per heavy atom. The van der Waals surface area contributed by atoms with E-state index in [1.54, 1.807) is 6.07 Å². The molecule has 110 valence electrons. The quantitative estimate of drug-likeness (QED) is 0.791. The number of hydrogen-bond donors (Lipinski definition) is 1. The van der Waals surface area contributed by atoms with E-state index in [-0.39, 0.29) is 11.9 Å². The number of nitrogens with one attached hydrogen (secondary N) is 1. The predicted octanol–water partition coefficient (Wildman–Crippen LogP) is 4.47. The molecule has 0 saturated carbocycles. The Balaban J connectivity index is 2.12. The van der Waals surface area contributed by atoms with Gasteiger partial charge < -0.3 is 10.1 Å². The summed E-state index contributed by atoms with van der Waals surface area (Å²) in [6.07, 6.45) is 0. The van der Waals surface area contributed by atoms with E-state index in [9.17, 15) is 4.79 Å². The lowest BCUT2D eigenvalue weighted by Gasteiger charge is -2.17. The fourth-order valence-corrected chi connectivity index (χ4v) is 2.49. The van der Waals surface area contributed by atoms with Gasteiger partial charge in [0, 0.05) is 16.7 Å². The SMILES string of the molecule is COC(=O)C(CNc1ccc(Cl)c(Br)c1)c1ccccc1. The lowest BCUT2D eigenvalue weighted by molar-refractivity contribution is -0.142. The number of halogens is 2. The molecule has 0 heterocycles. The smallest absolute Gasteiger partial charge is 0.314 e. The van der Waals surface area contributed by atoms with Gasteiger partial charge in [-0.05, 0) is 39.7 Å². The van der Waals surface area contributed by atoms with Crippen molar-refractivity contribution >= 4 is 39.2 Å². The molecule has 1 N–H and O–H groups in total. The average molecular weight is 369 g/mol. The minimum Gasteiger partial charge on any atom is -0.468 e. The summed E-state index contributed by atoms with van der Waals surface area (Å²) in [5.74, 6) is -0.618. The molecular weight excluding hydrogens is 354 g/mol. The molecule has 3 nitrogen and oxygen atoms in total. The lowest BCUT2D eigenvalue weighted by Crippen LogP contribution is -2.22. The Morgan fingerprint density at radius 2 is 2.00 bits per heavy atom. The number of carbonyl (C=O) groups is 1. The second-order valence-corrected chi connectivity index (χ2v) is 5.76. The molecule has 21 heavy (non-hydrogen) atoms. The largest absolute Gasteiger partial charge is 0.468 e. The van der Waals surface area contributed by atoms with Gasteiger partial charge in [0.05, 0.1) is 18.1 Å². The molecule has 0 aromatic heterocycles. The number of esters is 1. The highest BCUT2D eigenvalue weighted by Gasteiger charge is 2.21. The van der Waals surface area contributed by atoms with E-state index in [1.165, 1.54) is 7.11 Å². The summed E-state index contributed by atoms with van der Waals surface area (Å²) in [6, 6.07) is 15.1. The molecule has 0 aliphatic rings. The molecule has 1 atom stereocenters. The molecule has 0 bridgehead atoms. The Hall–Kier alpha value is -1.52. The summed E-state index contributed by atoms with van der Waals surface area (Å²) < 4.78 is 5.70. The van der Waals surface area contributed by atoms with E-state index in [1.807, 2.05) is 42.5 Å². The zero-order valence-corrected chi connectivity index (χ0v) is 13.8. The van der Waals surface area contributed by atoms with Gasteiger partial charge in [0.15, 0.2) is 0 Å². The standard InChI is InChI=1S/C16H15BrClNO2/c1-21-16(20)13(11-5-3-2-4-6-11)10-19-12-7-8-15(18)14(17)9-12/h2-9,13,19H,10H2,1H3. The van der Waals surface area contributed by atoms with E-state index >= 15 is 0 Å². The van der Waals surface area contributed by atoms with Gasteiger partial charge in [0.1, 0.15) is 0 Å². The van der Waals surface area contributed by atoms with Crippen molar-refractivity contribution in [2.45, 2.75) is 5.92 Å². The summed E-state index contributed by atoms with van der Waals surface area (Å²) in [5, 5.41) is 3.88. The van der Waals surface area contributed by atoms with Crippen LogP contribution in [0.1, 0.15) is 11.5 Å². The average Bonchev–Trinajstić information content (AvgIpc) is 2.51. The number of benzene rings is 2. The van der Waals surface area contributed by atoms with Crippen LogP contribution in [0.25, 0.3) is 0 Å². The molecule has 0 saturated heterocycles. The monoisotopic (exact) mass is 367 g/mol. The first-order valence-electron chi connectivity index (χ1n) is 6.43. The maximum Gasteiger partial charge on any atom is 0.314 e. The van der Waals surface area contributed by atoms with Gasteiger partial charge in [-0.15, -0.1) is 0 Å². The maximum absolute atomic E-state index is 12.0. The van der Waals surface area contributed by atoms with Crippen molar-refractivity contribution in [1.82, 2.24) is 0 Å². The first kappa shape index (κ1) is 15.9. The molecule has 0 fully saturated rings. The molecule has 1 unspecified atom stereocenters. The molecule has 0 amide bonds. The molecule has 0 radical (unpaired) electrons. The van der Waals surface area contributed by atoms with Crippen molar-refractivity contribution in [2.75, 3.05) is 19.0 Å². The van der Waals surface area contributed by atoms with Gasteiger partial charge in [-0.2, -0.15) is 0 Å². The molecule has 0 aliphatic heterocycles. The van der Waals surface area contributed by atoms with Crippen LogP contribution in [0, 0.1) is 0 Å². The molecule has 0 aliphatic carbocycles. The topological polar surface area (TPSA) is 38.3 Å². The minimum absolute atomic E-state index is 0.262. The molecule has 5 heteroatoms. The van der Waals surface area contributed by atoms with Crippen molar-refractivity contribution in [1.29, 1.82) is 0 Å². The van der Waals surface area contributed by atoms with Crippen LogP contribution in [0.15, 0.2) is 53.0 Å². The summed E-state index contributed by atoms with van der Waals surface area (Å²) in [6.45, 7) is 0.449. The zero-order valence-electron chi connectivity index (χ0n) is 11.5. The minimum atomic E-state index is -0.356. The van der Waals surface area contributed by atoms with Crippen LogP contribution < -0.4 is 5.32 Å². The number of ether oxygens (including phenoxy) is 1. The number of hydrogen-bond acceptors (Lipinski definition) is 3. The van der Waals surface area contributed by atoms with E-state index in [4.69, 9.17) is 16.3 Å². The third kappa shape index (κ3) is 4.22. The number of anilines is 1. The first-order valence-corrected chi connectivity index (χ1v) is 7.60. The van der Waals surface area contributed by atoms with Crippen LogP contribution in [-0.4, -0.2) is 19.6 Å². The van der Waals surface area contributed by atoms with Crippen LogP contribution in [0.2, 0.25) is 5.02 Å². The van der Waals surface area contributed by atoms with E-state index < -0.39 is 0 Å². The highest BCUT2D eigenvalue weighted by molar-refractivity contribution is 9.10. The van der Waals surface area contributed by atoms with Gasteiger partial charge in [-0.1, -0.05) is 41.9 Å². The zero-order chi connectivity index (χ0) is 15.2. The van der Waals surface area contributed by atoms with E-state index in [2.05, 4.69) is 21.2 Å². The highest BCUT2D eigenvalue weighted by atomic mass is 79.9. The fourth-order valence-electron chi connectivity index (χ4n) is 1.99. The van der Waals surface area contributed by atoms with Crippen LogP contribution in [0.5, 0.6) is 0 Å². The second kappa shape index (κ2) is 7.48.